The van der Waals surface area contributed by atoms with Gasteiger partial charge in [0.15, 0.2) is 5.13 Å². The van der Waals surface area contributed by atoms with E-state index in [1.54, 1.807) is 23.5 Å². The summed E-state index contributed by atoms with van der Waals surface area (Å²) >= 11 is 7.73. The predicted molar refractivity (Wildman–Crippen MR) is 78.2 cm³/mol. The summed E-state index contributed by atoms with van der Waals surface area (Å²) in [6.45, 7) is 0. The molecule has 0 atom stereocenters. The quantitative estimate of drug-likeness (QED) is 0.897. The average molecular weight is 290 g/mol. The van der Waals surface area contributed by atoms with Crippen LogP contribution in [-0.2, 0) is 12.8 Å². The minimum Gasteiger partial charge on any atom is -0.331 e. The number of fused-ring (bicyclic) bond motifs is 1. The van der Waals surface area contributed by atoms with Crippen molar-refractivity contribution < 1.29 is 0 Å². The Morgan fingerprint density at radius 1 is 1.32 bits per heavy atom. The number of nitrogens with one attached hydrogen (secondary N) is 1. The number of hydrogen-bond acceptors (Lipinski definition) is 4. The first kappa shape index (κ1) is 12.5. The summed E-state index contributed by atoms with van der Waals surface area (Å²) in [6, 6.07) is 7.39. The molecule has 5 heteroatoms. The van der Waals surface area contributed by atoms with Gasteiger partial charge in [-0.05, 0) is 43.9 Å². The zero-order valence-corrected chi connectivity index (χ0v) is 11.8. The van der Waals surface area contributed by atoms with Crippen LogP contribution in [-0.4, -0.2) is 4.98 Å². The highest BCUT2D eigenvalue weighted by atomic mass is 35.5. The van der Waals surface area contributed by atoms with Gasteiger partial charge in [-0.1, -0.05) is 11.6 Å². The number of benzene rings is 1. The van der Waals surface area contributed by atoms with Crippen molar-refractivity contribution in [3.8, 4) is 6.07 Å². The van der Waals surface area contributed by atoms with Crippen molar-refractivity contribution >= 4 is 33.8 Å². The molecule has 0 saturated carbocycles. The second-order valence-electron chi connectivity index (χ2n) is 4.53. The third-order valence-corrected chi connectivity index (χ3v) is 4.57. The highest BCUT2D eigenvalue weighted by molar-refractivity contribution is 7.15. The molecule has 0 saturated heterocycles. The van der Waals surface area contributed by atoms with E-state index in [-0.39, 0.29) is 0 Å². The van der Waals surface area contributed by atoms with Crippen LogP contribution in [0.25, 0.3) is 0 Å². The Morgan fingerprint density at radius 3 is 2.89 bits per heavy atom. The maximum Gasteiger partial charge on any atom is 0.187 e. The lowest BCUT2D eigenvalue weighted by Gasteiger charge is -2.06. The molecule has 1 heterocycles. The number of rotatable bonds is 2. The summed E-state index contributed by atoms with van der Waals surface area (Å²) in [5, 5.41) is 13.5. The van der Waals surface area contributed by atoms with Crippen LogP contribution in [0, 0.1) is 11.3 Å². The lowest BCUT2D eigenvalue weighted by atomic mass is 10.0. The molecular weight excluding hydrogens is 278 g/mol. The van der Waals surface area contributed by atoms with E-state index in [1.807, 2.05) is 6.07 Å². The Bertz CT molecular complexity index is 634. The van der Waals surface area contributed by atoms with Gasteiger partial charge in [-0.3, -0.25) is 0 Å². The molecule has 1 aromatic carbocycles. The van der Waals surface area contributed by atoms with Gasteiger partial charge in [-0.25, -0.2) is 4.98 Å². The van der Waals surface area contributed by atoms with Gasteiger partial charge in [-0.2, -0.15) is 5.26 Å². The second-order valence-corrected chi connectivity index (χ2v) is 6.02. The van der Waals surface area contributed by atoms with Crippen molar-refractivity contribution in [1.29, 1.82) is 5.26 Å². The van der Waals surface area contributed by atoms with E-state index in [4.69, 9.17) is 16.9 Å². The lowest BCUT2D eigenvalue weighted by Crippen LogP contribution is -1.99. The highest BCUT2D eigenvalue weighted by Gasteiger charge is 2.15. The first-order valence-corrected chi connectivity index (χ1v) is 7.41. The summed E-state index contributed by atoms with van der Waals surface area (Å²) in [7, 11) is 0. The summed E-state index contributed by atoms with van der Waals surface area (Å²) in [5.41, 5.74) is 2.60. The maximum absolute atomic E-state index is 8.84. The first-order valence-electron chi connectivity index (χ1n) is 6.21. The molecule has 96 valence electrons. The summed E-state index contributed by atoms with van der Waals surface area (Å²) in [5.74, 6) is 0. The van der Waals surface area contributed by atoms with Crippen LogP contribution in [0.2, 0.25) is 5.02 Å². The van der Waals surface area contributed by atoms with Crippen molar-refractivity contribution in [2.45, 2.75) is 25.7 Å². The molecule has 0 aliphatic heterocycles. The number of aryl methyl sites for hydroxylation is 2. The van der Waals surface area contributed by atoms with Crippen LogP contribution in [0.1, 0.15) is 29.0 Å². The predicted octanol–water partition coefficient (Wildman–Crippen LogP) is 4.29. The number of anilines is 2. The summed E-state index contributed by atoms with van der Waals surface area (Å²) in [4.78, 5) is 6.01. The van der Waals surface area contributed by atoms with Crippen molar-refractivity contribution in [2.75, 3.05) is 5.32 Å². The third kappa shape index (κ3) is 2.58. The van der Waals surface area contributed by atoms with Crippen LogP contribution >= 0.6 is 22.9 Å². The van der Waals surface area contributed by atoms with E-state index >= 15 is 0 Å². The molecule has 3 nitrogen and oxygen atoms in total. The Kier molecular flexibility index (Phi) is 3.41. The normalized spacial score (nSPS) is 13.7. The topological polar surface area (TPSA) is 48.7 Å². The van der Waals surface area contributed by atoms with E-state index in [1.165, 1.54) is 23.4 Å². The van der Waals surface area contributed by atoms with Gasteiger partial charge in [-0.15, -0.1) is 11.3 Å². The van der Waals surface area contributed by atoms with Gasteiger partial charge in [0, 0.05) is 10.6 Å². The summed E-state index contributed by atoms with van der Waals surface area (Å²) in [6.07, 6.45) is 4.72. The third-order valence-electron chi connectivity index (χ3n) is 3.19. The van der Waals surface area contributed by atoms with Gasteiger partial charge in [0.25, 0.3) is 0 Å². The smallest absolute Gasteiger partial charge is 0.187 e. The van der Waals surface area contributed by atoms with Crippen molar-refractivity contribution in [3.63, 3.8) is 0 Å². The molecule has 0 amide bonds. The van der Waals surface area contributed by atoms with E-state index in [9.17, 15) is 0 Å². The number of hydrogen-bond donors (Lipinski definition) is 1. The molecule has 19 heavy (non-hydrogen) atoms. The maximum atomic E-state index is 8.84. The molecule has 0 spiro atoms. The van der Waals surface area contributed by atoms with E-state index in [2.05, 4.69) is 16.4 Å². The van der Waals surface area contributed by atoms with Gasteiger partial charge in [0.1, 0.15) is 6.07 Å². The zero-order chi connectivity index (χ0) is 13.2. The van der Waals surface area contributed by atoms with Crippen LogP contribution in [0.3, 0.4) is 0 Å². The number of nitriles is 1. The Labute approximate surface area is 120 Å². The van der Waals surface area contributed by atoms with Gasteiger partial charge >= 0.3 is 0 Å². The molecule has 1 aliphatic carbocycles. The fourth-order valence-corrected chi connectivity index (χ4v) is 3.51. The number of aromatic nitrogens is 1. The molecule has 0 fully saturated rings. The molecule has 3 rings (SSSR count). The molecule has 0 radical (unpaired) electrons. The highest BCUT2D eigenvalue weighted by Crippen LogP contribution is 2.32. The SMILES string of the molecule is N#Cc1ccc(Nc2nc3c(s2)CCCC3)cc1Cl. The summed E-state index contributed by atoms with van der Waals surface area (Å²) < 4.78 is 0. The first-order chi connectivity index (χ1) is 9.26. The Balaban J connectivity index is 1.83. The minimum absolute atomic E-state index is 0.466. The van der Waals surface area contributed by atoms with Gasteiger partial charge < -0.3 is 5.32 Å². The van der Waals surface area contributed by atoms with E-state index in [0.29, 0.717) is 10.6 Å². The monoisotopic (exact) mass is 289 g/mol. The number of halogens is 1. The zero-order valence-electron chi connectivity index (χ0n) is 10.2. The molecule has 1 aliphatic rings. The average Bonchev–Trinajstić information content (AvgIpc) is 2.81. The standard InChI is InChI=1S/C14H12ClN3S/c15-11-7-10(6-5-9(11)8-16)17-14-18-12-3-1-2-4-13(12)19-14/h5-7H,1-4H2,(H,17,18). The Hall–Kier alpha value is -1.57. The van der Waals surface area contributed by atoms with Crippen LogP contribution in [0.15, 0.2) is 18.2 Å². The number of nitrogens with zero attached hydrogens (tertiary/aromatic N) is 2. The molecular formula is C14H12ClN3S. The fraction of sp³-hybridized carbons (Fsp3) is 0.286. The molecule has 2 aromatic rings. The van der Waals surface area contributed by atoms with Gasteiger partial charge in [0.2, 0.25) is 0 Å². The largest absolute Gasteiger partial charge is 0.331 e. The molecule has 1 aromatic heterocycles. The molecule has 0 unspecified atom stereocenters. The van der Waals surface area contributed by atoms with Crippen molar-refractivity contribution in [2.24, 2.45) is 0 Å². The van der Waals surface area contributed by atoms with Gasteiger partial charge in [0.05, 0.1) is 16.3 Å². The fourth-order valence-electron chi connectivity index (χ4n) is 2.21. The van der Waals surface area contributed by atoms with Crippen LogP contribution in [0.4, 0.5) is 10.8 Å². The molecule has 0 bridgehead atoms. The van der Waals surface area contributed by atoms with E-state index < -0.39 is 0 Å². The van der Waals surface area contributed by atoms with Crippen molar-refractivity contribution in [1.82, 2.24) is 4.98 Å². The number of thiazole rings is 1. The lowest BCUT2D eigenvalue weighted by molar-refractivity contribution is 0.683. The Morgan fingerprint density at radius 2 is 2.16 bits per heavy atom. The van der Waals surface area contributed by atoms with Crippen molar-refractivity contribution in [3.05, 3.63) is 39.4 Å². The minimum atomic E-state index is 0.466. The molecule has 1 N–H and O–H groups in total. The second kappa shape index (κ2) is 5.20. The van der Waals surface area contributed by atoms with E-state index in [0.717, 1.165) is 23.7 Å². The van der Waals surface area contributed by atoms with Crippen LogP contribution < -0.4 is 5.32 Å². The van der Waals surface area contributed by atoms with Crippen LogP contribution in [0.5, 0.6) is 0 Å².